The number of nitriles is 1. The van der Waals surface area contributed by atoms with E-state index in [2.05, 4.69) is 10.9 Å². The van der Waals surface area contributed by atoms with Crippen LogP contribution in [0, 0.1) is 11.5 Å². The van der Waals surface area contributed by atoms with Gasteiger partial charge in [-0.05, 0) is 31.2 Å². The van der Waals surface area contributed by atoms with E-state index in [-0.39, 0.29) is 5.78 Å². The molecule has 0 bridgehead atoms. The van der Waals surface area contributed by atoms with Gasteiger partial charge in [-0.15, -0.1) is 0 Å². The first kappa shape index (κ1) is 9.07. The van der Waals surface area contributed by atoms with Crippen LogP contribution in [0.15, 0.2) is 24.3 Å². The molecular weight excluding hydrogens is 166 g/mol. The minimum absolute atomic E-state index is 0.0276. The van der Waals surface area contributed by atoms with Crippen LogP contribution in [0.1, 0.15) is 17.3 Å². The van der Waals surface area contributed by atoms with Crippen LogP contribution in [0.4, 0.5) is 5.69 Å². The molecule has 0 aliphatic rings. The maximum absolute atomic E-state index is 10.9. The van der Waals surface area contributed by atoms with Gasteiger partial charge < -0.3 is 0 Å². The van der Waals surface area contributed by atoms with Gasteiger partial charge in [0, 0.05) is 5.56 Å². The average Bonchev–Trinajstić information content (AvgIpc) is 2.15. The van der Waals surface area contributed by atoms with Crippen molar-refractivity contribution in [1.29, 1.82) is 5.26 Å². The molecule has 0 heterocycles. The van der Waals surface area contributed by atoms with Crippen LogP contribution in [0.2, 0.25) is 0 Å². The molecule has 13 heavy (non-hydrogen) atoms. The zero-order valence-corrected chi connectivity index (χ0v) is 7.16. The van der Waals surface area contributed by atoms with Crippen LogP contribution in [-0.4, -0.2) is 5.78 Å². The molecule has 4 heteroatoms. The maximum atomic E-state index is 10.9. The Labute approximate surface area is 76.2 Å². The number of anilines is 1. The highest BCUT2D eigenvalue weighted by Gasteiger charge is 1.97. The number of Topliss-reactive ketones (excluding diaryl/α,β-unsaturated/α-hetero) is 1. The summed E-state index contributed by atoms with van der Waals surface area (Å²) < 4.78 is 0. The monoisotopic (exact) mass is 175 g/mol. The first-order valence-electron chi connectivity index (χ1n) is 3.75. The summed E-state index contributed by atoms with van der Waals surface area (Å²) in [5.41, 5.74) is 6.32. The van der Waals surface area contributed by atoms with Crippen LogP contribution in [0.3, 0.4) is 0 Å². The standard InChI is InChI=1S/C9H9N3O/c1-7(13)8-2-4-9(5-3-8)12-11-6-10/h2-5,11-12H,1H3. The number of hydrogen-bond acceptors (Lipinski definition) is 4. The van der Waals surface area contributed by atoms with Gasteiger partial charge in [-0.1, -0.05) is 0 Å². The van der Waals surface area contributed by atoms with Crippen molar-refractivity contribution in [3.63, 3.8) is 0 Å². The largest absolute Gasteiger partial charge is 0.295 e. The Hall–Kier alpha value is -2.02. The quantitative estimate of drug-likeness (QED) is 0.314. The van der Waals surface area contributed by atoms with Crippen LogP contribution in [-0.2, 0) is 0 Å². The highest BCUT2D eigenvalue weighted by atomic mass is 16.1. The van der Waals surface area contributed by atoms with Gasteiger partial charge in [-0.3, -0.25) is 10.2 Å². The molecule has 1 aromatic carbocycles. The van der Waals surface area contributed by atoms with Gasteiger partial charge in [0.2, 0.25) is 0 Å². The van der Waals surface area contributed by atoms with Gasteiger partial charge in [0.25, 0.3) is 0 Å². The lowest BCUT2D eigenvalue weighted by molar-refractivity contribution is 0.101. The molecule has 1 aromatic rings. The van der Waals surface area contributed by atoms with Crippen molar-refractivity contribution < 1.29 is 4.79 Å². The van der Waals surface area contributed by atoms with Crippen molar-refractivity contribution in [1.82, 2.24) is 5.43 Å². The third kappa shape index (κ3) is 2.49. The van der Waals surface area contributed by atoms with Crippen LogP contribution in [0.25, 0.3) is 0 Å². The molecule has 0 radical (unpaired) electrons. The van der Waals surface area contributed by atoms with Gasteiger partial charge in [0.05, 0.1) is 5.69 Å². The first-order chi connectivity index (χ1) is 6.24. The lowest BCUT2D eigenvalue weighted by atomic mass is 10.1. The summed E-state index contributed by atoms with van der Waals surface area (Å²) in [4.78, 5) is 10.9. The number of hydrazine groups is 1. The maximum Gasteiger partial charge on any atom is 0.197 e. The summed E-state index contributed by atoms with van der Waals surface area (Å²) >= 11 is 0. The van der Waals surface area contributed by atoms with Gasteiger partial charge in [0.1, 0.15) is 0 Å². The number of ketones is 1. The molecule has 0 saturated heterocycles. The highest BCUT2D eigenvalue weighted by Crippen LogP contribution is 2.08. The predicted octanol–water partition coefficient (Wildman–Crippen LogP) is 1.29. The molecule has 0 spiro atoms. The van der Waals surface area contributed by atoms with E-state index in [1.807, 2.05) is 0 Å². The molecule has 0 saturated carbocycles. The highest BCUT2D eigenvalue weighted by molar-refractivity contribution is 5.94. The number of hydrogen-bond donors (Lipinski definition) is 2. The Bertz CT molecular complexity index is 337. The molecule has 0 aliphatic heterocycles. The SMILES string of the molecule is CC(=O)c1ccc(NNC#N)cc1. The van der Waals surface area contributed by atoms with Gasteiger partial charge >= 0.3 is 0 Å². The van der Waals surface area contributed by atoms with Crippen LogP contribution >= 0.6 is 0 Å². The first-order valence-corrected chi connectivity index (χ1v) is 3.75. The molecule has 0 aromatic heterocycles. The second-order valence-corrected chi connectivity index (χ2v) is 2.50. The van der Waals surface area contributed by atoms with E-state index < -0.39 is 0 Å². The zero-order chi connectivity index (χ0) is 9.68. The van der Waals surface area contributed by atoms with Gasteiger partial charge in [-0.25, -0.2) is 5.43 Å². The minimum atomic E-state index is 0.0276. The summed E-state index contributed by atoms with van der Waals surface area (Å²) in [7, 11) is 0. The summed E-state index contributed by atoms with van der Waals surface area (Å²) in [6.45, 7) is 1.51. The summed E-state index contributed by atoms with van der Waals surface area (Å²) in [5, 5.41) is 8.19. The van der Waals surface area contributed by atoms with E-state index in [4.69, 9.17) is 5.26 Å². The molecule has 2 N–H and O–H groups in total. The zero-order valence-electron chi connectivity index (χ0n) is 7.16. The third-order valence-corrected chi connectivity index (χ3v) is 1.55. The second kappa shape index (κ2) is 4.12. The molecule has 0 fully saturated rings. The van der Waals surface area contributed by atoms with Crippen molar-refractivity contribution in [2.24, 2.45) is 0 Å². The second-order valence-electron chi connectivity index (χ2n) is 2.50. The van der Waals surface area contributed by atoms with Crippen molar-refractivity contribution in [2.45, 2.75) is 6.92 Å². The molecule has 66 valence electrons. The Morgan fingerprint density at radius 2 is 2.00 bits per heavy atom. The van der Waals surface area contributed by atoms with E-state index in [1.165, 1.54) is 6.92 Å². The molecule has 4 nitrogen and oxygen atoms in total. The van der Waals surface area contributed by atoms with E-state index in [9.17, 15) is 4.79 Å². The minimum Gasteiger partial charge on any atom is -0.295 e. The van der Waals surface area contributed by atoms with E-state index in [0.717, 1.165) is 5.69 Å². The summed E-state index contributed by atoms with van der Waals surface area (Å²) in [6.07, 6.45) is 1.73. The number of nitrogens with one attached hydrogen (secondary N) is 2. The molecule has 0 atom stereocenters. The fourth-order valence-corrected chi connectivity index (χ4v) is 0.888. The molecular formula is C9H9N3O. The number of benzene rings is 1. The number of nitrogens with zero attached hydrogens (tertiary/aromatic N) is 1. The molecule has 1 rings (SSSR count). The van der Waals surface area contributed by atoms with Crippen LogP contribution in [0.5, 0.6) is 0 Å². The Morgan fingerprint density at radius 3 is 2.46 bits per heavy atom. The smallest absolute Gasteiger partial charge is 0.197 e. The van der Waals surface area contributed by atoms with Crippen molar-refractivity contribution in [3.8, 4) is 6.19 Å². The van der Waals surface area contributed by atoms with Crippen LogP contribution < -0.4 is 10.9 Å². The molecule has 0 aliphatic carbocycles. The normalized spacial score (nSPS) is 8.62. The Morgan fingerprint density at radius 1 is 1.38 bits per heavy atom. The number of carbonyl (C=O) groups excluding carboxylic acids is 1. The predicted molar refractivity (Wildman–Crippen MR) is 48.8 cm³/mol. The van der Waals surface area contributed by atoms with Gasteiger partial charge in [-0.2, -0.15) is 5.26 Å². The Kier molecular flexibility index (Phi) is 2.87. The molecule has 0 unspecified atom stereocenters. The van der Waals surface area contributed by atoms with Gasteiger partial charge in [0.15, 0.2) is 12.0 Å². The topological polar surface area (TPSA) is 64.9 Å². The summed E-state index contributed by atoms with van der Waals surface area (Å²) in [6, 6.07) is 6.84. The van der Waals surface area contributed by atoms with Crippen molar-refractivity contribution in [2.75, 3.05) is 5.43 Å². The van der Waals surface area contributed by atoms with E-state index in [1.54, 1.807) is 30.5 Å². The van der Waals surface area contributed by atoms with Crippen molar-refractivity contribution in [3.05, 3.63) is 29.8 Å². The molecule has 0 amide bonds. The third-order valence-electron chi connectivity index (χ3n) is 1.55. The Balaban J connectivity index is 2.71. The fraction of sp³-hybridized carbons (Fsp3) is 0.111. The van der Waals surface area contributed by atoms with Crippen molar-refractivity contribution >= 4 is 11.5 Å². The number of rotatable bonds is 3. The number of carbonyl (C=O) groups is 1. The summed E-state index contributed by atoms with van der Waals surface area (Å²) in [5.74, 6) is 0.0276. The van der Waals surface area contributed by atoms with E-state index in [0.29, 0.717) is 5.56 Å². The van der Waals surface area contributed by atoms with E-state index >= 15 is 0 Å². The lowest BCUT2D eigenvalue weighted by Crippen LogP contribution is -2.14. The lowest BCUT2D eigenvalue weighted by Gasteiger charge is -2.02. The fourth-order valence-electron chi connectivity index (χ4n) is 0.888. The average molecular weight is 175 g/mol.